The molecule has 0 saturated heterocycles. The zero-order valence-electron chi connectivity index (χ0n) is 10.2. The maximum absolute atomic E-state index is 12.0. The minimum absolute atomic E-state index is 0.0426. The molecule has 0 bridgehead atoms. The zero-order valence-corrected chi connectivity index (χ0v) is 11.7. The van der Waals surface area contributed by atoms with Gasteiger partial charge in [-0.2, -0.15) is 13.2 Å². The number of carbonyl (C=O) groups is 2. The lowest BCUT2D eigenvalue weighted by atomic mass is 10.2. The van der Waals surface area contributed by atoms with E-state index in [-0.39, 0.29) is 15.6 Å². The Morgan fingerprint density at radius 3 is 2.24 bits per heavy atom. The van der Waals surface area contributed by atoms with Crippen molar-refractivity contribution in [1.82, 2.24) is 5.32 Å². The summed E-state index contributed by atoms with van der Waals surface area (Å²) in [6, 6.07) is 4.16. The van der Waals surface area contributed by atoms with E-state index in [0.29, 0.717) is 0 Å². The highest BCUT2D eigenvalue weighted by atomic mass is 35.5. The molecule has 21 heavy (non-hydrogen) atoms. The molecule has 0 saturated carbocycles. The van der Waals surface area contributed by atoms with Gasteiger partial charge in [0, 0.05) is 0 Å². The summed E-state index contributed by atoms with van der Waals surface area (Å²) < 4.78 is 40.3. The summed E-state index contributed by atoms with van der Waals surface area (Å²) in [5.41, 5.74) is 4.65. The van der Waals surface area contributed by atoms with Crippen molar-refractivity contribution in [1.29, 1.82) is 0 Å². The molecule has 1 atom stereocenters. The van der Waals surface area contributed by atoms with Crippen molar-refractivity contribution in [2.24, 2.45) is 5.73 Å². The number of alkyl halides is 3. The SMILES string of the molecule is NC(=O)C(NC(=O)c1c(Cl)cccc1Cl)OCC(F)(F)F. The first-order valence-corrected chi connectivity index (χ1v) is 6.10. The minimum Gasteiger partial charge on any atom is -0.366 e. The van der Waals surface area contributed by atoms with Crippen LogP contribution in [0.3, 0.4) is 0 Å². The summed E-state index contributed by atoms with van der Waals surface area (Å²) >= 11 is 11.5. The highest BCUT2D eigenvalue weighted by Crippen LogP contribution is 2.24. The molecule has 0 aliphatic rings. The van der Waals surface area contributed by atoms with Crippen LogP contribution in [0.15, 0.2) is 18.2 Å². The lowest BCUT2D eigenvalue weighted by Gasteiger charge is -2.18. The van der Waals surface area contributed by atoms with Gasteiger partial charge < -0.3 is 15.8 Å². The van der Waals surface area contributed by atoms with Crippen LogP contribution in [0.25, 0.3) is 0 Å². The standard InChI is InChI=1S/C11H9Cl2F3N2O3/c12-5-2-1-3-6(13)7(5)9(20)18-10(8(17)19)21-4-11(14,15)16/h1-3,10H,4H2,(H2,17,19)(H,18,20). The van der Waals surface area contributed by atoms with Gasteiger partial charge >= 0.3 is 6.18 Å². The van der Waals surface area contributed by atoms with E-state index < -0.39 is 30.8 Å². The highest BCUT2D eigenvalue weighted by Gasteiger charge is 2.32. The van der Waals surface area contributed by atoms with Gasteiger partial charge in [0.25, 0.3) is 11.8 Å². The second-order valence-corrected chi connectivity index (χ2v) is 4.59. The molecule has 2 amide bonds. The monoisotopic (exact) mass is 344 g/mol. The number of rotatable bonds is 5. The predicted octanol–water partition coefficient (Wildman–Crippen LogP) is 2.11. The van der Waals surface area contributed by atoms with E-state index in [1.807, 2.05) is 5.32 Å². The first kappa shape index (κ1) is 17.5. The van der Waals surface area contributed by atoms with Crippen LogP contribution < -0.4 is 11.1 Å². The van der Waals surface area contributed by atoms with Gasteiger partial charge in [0.2, 0.25) is 6.23 Å². The molecule has 0 aliphatic carbocycles. The Morgan fingerprint density at radius 2 is 1.81 bits per heavy atom. The molecule has 0 spiro atoms. The fourth-order valence-corrected chi connectivity index (χ4v) is 1.85. The smallest absolute Gasteiger partial charge is 0.366 e. The zero-order chi connectivity index (χ0) is 16.2. The Balaban J connectivity index is 2.84. The number of nitrogens with one attached hydrogen (secondary N) is 1. The molecule has 1 rings (SSSR count). The lowest BCUT2D eigenvalue weighted by molar-refractivity contribution is -0.188. The number of nitrogens with two attached hydrogens (primary N) is 1. The first-order chi connectivity index (χ1) is 9.61. The van der Waals surface area contributed by atoms with Crippen LogP contribution in [-0.2, 0) is 9.53 Å². The van der Waals surface area contributed by atoms with Crippen LogP contribution in [0, 0.1) is 0 Å². The second-order valence-electron chi connectivity index (χ2n) is 3.78. The maximum atomic E-state index is 12.0. The molecular formula is C11H9Cl2F3N2O3. The molecule has 0 aromatic heterocycles. The van der Waals surface area contributed by atoms with E-state index in [0.717, 1.165) is 0 Å². The molecule has 1 aromatic rings. The Bertz CT molecular complexity index is 532. The van der Waals surface area contributed by atoms with E-state index in [4.69, 9.17) is 28.9 Å². The van der Waals surface area contributed by atoms with Crippen LogP contribution in [0.5, 0.6) is 0 Å². The summed E-state index contributed by atoms with van der Waals surface area (Å²) in [7, 11) is 0. The molecular weight excluding hydrogens is 336 g/mol. The van der Waals surface area contributed by atoms with Gasteiger partial charge in [0.15, 0.2) is 0 Å². The van der Waals surface area contributed by atoms with Crippen LogP contribution >= 0.6 is 23.2 Å². The van der Waals surface area contributed by atoms with E-state index in [1.165, 1.54) is 18.2 Å². The fraction of sp³-hybridized carbons (Fsp3) is 0.273. The molecule has 0 aliphatic heterocycles. The normalized spacial score (nSPS) is 12.8. The van der Waals surface area contributed by atoms with E-state index >= 15 is 0 Å². The van der Waals surface area contributed by atoms with Gasteiger partial charge in [-0.05, 0) is 12.1 Å². The molecule has 5 nitrogen and oxygen atoms in total. The van der Waals surface area contributed by atoms with Gasteiger partial charge in [-0.1, -0.05) is 29.3 Å². The molecule has 1 aromatic carbocycles. The molecule has 0 radical (unpaired) electrons. The van der Waals surface area contributed by atoms with Crippen LogP contribution in [0.4, 0.5) is 13.2 Å². The van der Waals surface area contributed by atoms with Crippen molar-refractivity contribution in [3.63, 3.8) is 0 Å². The molecule has 116 valence electrons. The van der Waals surface area contributed by atoms with Crippen LogP contribution in [0.2, 0.25) is 10.0 Å². The third-order valence-corrected chi connectivity index (χ3v) is 2.75. The number of ether oxygens (including phenoxy) is 1. The number of carbonyl (C=O) groups excluding carboxylic acids is 2. The van der Waals surface area contributed by atoms with Crippen molar-refractivity contribution in [2.45, 2.75) is 12.4 Å². The Hall–Kier alpha value is -1.51. The minimum atomic E-state index is -4.68. The van der Waals surface area contributed by atoms with Gasteiger partial charge in [0.05, 0.1) is 15.6 Å². The van der Waals surface area contributed by atoms with Crippen LogP contribution in [-0.4, -0.2) is 30.8 Å². The van der Waals surface area contributed by atoms with E-state index in [2.05, 4.69) is 4.74 Å². The van der Waals surface area contributed by atoms with Gasteiger partial charge in [-0.3, -0.25) is 9.59 Å². The quantitative estimate of drug-likeness (QED) is 0.802. The molecule has 0 fully saturated rings. The summed E-state index contributed by atoms with van der Waals surface area (Å²) in [6.45, 7) is -1.75. The first-order valence-electron chi connectivity index (χ1n) is 5.34. The second kappa shape index (κ2) is 6.97. The number of halogens is 5. The fourth-order valence-electron chi connectivity index (χ4n) is 1.28. The summed E-state index contributed by atoms with van der Waals surface area (Å²) in [6.07, 6.45) is -6.65. The Labute approximate surface area is 127 Å². The van der Waals surface area contributed by atoms with Crippen molar-refractivity contribution in [3.8, 4) is 0 Å². The molecule has 3 N–H and O–H groups in total. The predicted molar refractivity (Wildman–Crippen MR) is 68.9 cm³/mol. The number of benzene rings is 1. The van der Waals surface area contributed by atoms with Crippen molar-refractivity contribution >= 4 is 35.0 Å². The highest BCUT2D eigenvalue weighted by molar-refractivity contribution is 6.39. The molecule has 0 heterocycles. The number of primary amides is 1. The van der Waals surface area contributed by atoms with Crippen molar-refractivity contribution < 1.29 is 27.5 Å². The van der Waals surface area contributed by atoms with E-state index in [9.17, 15) is 22.8 Å². The summed E-state index contributed by atoms with van der Waals surface area (Å²) in [4.78, 5) is 22.9. The van der Waals surface area contributed by atoms with Gasteiger partial charge in [-0.15, -0.1) is 0 Å². The van der Waals surface area contributed by atoms with Crippen molar-refractivity contribution in [2.75, 3.05) is 6.61 Å². The summed E-state index contributed by atoms with van der Waals surface area (Å²) in [5.74, 6) is -2.28. The molecule has 1 unspecified atom stereocenters. The van der Waals surface area contributed by atoms with Crippen molar-refractivity contribution in [3.05, 3.63) is 33.8 Å². The Kier molecular flexibility index (Phi) is 5.82. The third kappa shape index (κ3) is 5.41. The van der Waals surface area contributed by atoms with Gasteiger partial charge in [0.1, 0.15) is 6.61 Å². The van der Waals surface area contributed by atoms with E-state index in [1.54, 1.807) is 0 Å². The summed E-state index contributed by atoms with van der Waals surface area (Å²) in [5, 5.41) is 1.80. The number of amides is 2. The Morgan fingerprint density at radius 1 is 1.29 bits per heavy atom. The third-order valence-electron chi connectivity index (χ3n) is 2.12. The largest absolute Gasteiger partial charge is 0.411 e. The average molecular weight is 345 g/mol. The van der Waals surface area contributed by atoms with Gasteiger partial charge in [-0.25, -0.2) is 0 Å². The maximum Gasteiger partial charge on any atom is 0.411 e. The number of hydrogen-bond acceptors (Lipinski definition) is 3. The number of hydrogen-bond donors (Lipinski definition) is 2. The lowest BCUT2D eigenvalue weighted by Crippen LogP contribution is -2.47. The molecule has 10 heteroatoms. The topological polar surface area (TPSA) is 81.4 Å². The average Bonchev–Trinajstić information content (AvgIpc) is 2.32. The van der Waals surface area contributed by atoms with Crippen LogP contribution in [0.1, 0.15) is 10.4 Å².